The van der Waals surface area contributed by atoms with Crippen molar-refractivity contribution in [2.75, 3.05) is 19.0 Å². The van der Waals surface area contributed by atoms with E-state index in [0.29, 0.717) is 23.6 Å². The predicted octanol–water partition coefficient (Wildman–Crippen LogP) is 1.58. The van der Waals surface area contributed by atoms with E-state index < -0.39 is 11.4 Å². The molecule has 1 spiro atoms. The largest absolute Gasteiger partial charge is 0.490 e. The summed E-state index contributed by atoms with van der Waals surface area (Å²) in [6.45, 7) is 0.371. The highest BCUT2D eigenvalue weighted by molar-refractivity contribution is 6.06. The van der Waals surface area contributed by atoms with Crippen LogP contribution in [0.2, 0.25) is 0 Å². The maximum Gasteiger partial charge on any atom is 0.340 e. The topological polar surface area (TPSA) is 64.6 Å². The van der Waals surface area contributed by atoms with Gasteiger partial charge in [-0.25, -0.2) is 4.79 Å². The predicted molar refractivity (Wildman–Crippen MR) is 63.6 cm³/mol. The van der Waals surface area contributed by atoms with Crippen LogP contribution < -0.4 is 10.1 Å². The van der Waals surface area contributed by atoms with E-state index in [9.17, 15) is 9.59 Å². The number of carbonyl (C=O) groups excluding carboxylic acids is 2. The second kappa shape index (κ2) is 3.73. The SMILES string of the molecule is COC(=O)c1cccc2c1NC(=O)C1(CC1)CO2. The first-order valence-electron chi connectivity index (χ1n) is 5.82. The molecule has 5 nitrogen and oxygen atoms in total. The van der Waals surface area contributed by atoms with Crippen LogP contribution in [0.1, 0.15) is 23.2 Å². The van der Waals surface area contributed by atoms with Crippen molar-refractivity contribution in [2.45, 2.75) is 12.8 Å². The summed E-state index contributed by atoms with van der Waals surface area (Å²) in [6.07, 6.45) is 1.67. The number of anilines is 1. The molecule has 0 aromatic heterocycles. The number of benzene rings is 1. The quantitative estimate of drug-likeness (QED) is 0.765. The van der Waals surface area contributed by atoms with Gasteiger partial charge in [0.15, 0.2) is 0 Å². The third kappa shape index (κ3) is 1.54. The lowest BCUT2D eigenvalue weighted by atomic mass is 10.1. The van der Waals surface area contributed by atoms with E-state index in [0.717, 1.165) is 12.8 Å². The highest BCUT2D eigenvalue weighted by Crippen LogP contribution is 2.49. The molecule has 1 aliphatic heterocycles. The van der Waals surface area contributed by atoms with E-state index in [1.165, 1.54) is 7.11 Å². The number of rotatable bonds is 1. The third-order valence-electron chi connectivity index (χ3n) is 3.51. The van der Waals surface area contributed by atoms with Crippen LogP contribution in [-0.4, -0.2) is 25.6 Å². The summed E-state index contributed by atoms with van der Waals surface area (Å²) in [5.41, 5.74) is 0.339. The molecule has 18 heavy (non-hydrogen) atoms. The van der Waals surface area contributed by atoms with E-state index in [2.05, 4.69) is 5.32 Å². The Labute approximate surface area is 104 Å². The second-order valence-electron chi connectivity index (χ2n) is 4.69. The molecule has 2 aliphatic rings. The molecule has 0 bridgehead atoms. The minimum absolute atomic E-state index is 0.0717. The Morgan fingerprint density at radius 2 is 2.22 bits per heavy atom. The lowest BCUT2D eigenvalue weighted by Gasteiger charge is -2.10. The van der Waals surface area contributed by atoms with Gasteiger partial charge in [0.25, 0.3) is 0 Å². The van der Waals surface area contributed by atoms with Gasteiger partial charge in [0, 0.05) is 0 Å². The third-order valence-corrected chi connectivity index (χ3v) is 3.51. The van der Waals surface area contributed by atoms with Crippen LogP contribution in [0, 0.1) is 5.41 Å². The maximum atomic E-state index is 12.1. The summed E-state index contributed by atoms with van der Waals surface area (Å²) in [6, 6.07) is 5.06. The monoisotopic (exact) mass is 247 g/mol. The molecular formula is C13H13NO4. The lowest BCUT2D eigenvalue weighted by Crippen LogP contribution is -2.27. The summed E-state index contributed by atoms with van der Waals surface area (Å²) in [4.78, 5) is 23.7. The second-order valence-corrected chi connectivity index (χ2v) is 4.69. The minimum Gasteiger partial charge on any atom is -0.490 e. The summed E-state index contributed by atoms with van der Waals surface area (Å²) in [5.74, 6) is -0.0323. The minimum atomic E-state index is -0.484. The number of fused-ring (bicyclic) bond motifs is 1. The number of amides is 1. The van der Waals surface area contributed by atoms with E-state index in [1.807, 2.05) is 0 Å². The van der Waals surface area contributed by atoms with Crippen LogP contribution in [0.4, 0.5) is 5.69 Å². The fourth-order valence-electron chi connectivity index (χ4n) is 2.11. The van der Waals surface area contributed by atoms with Gasteiger partial charge in [-0.3, -0.25) is 4.79 Å². The van der Waals surface area contributed by atoms with Crippen molar-refractivity contribution in [3.63, 3.8) is 0 Å². The molecule has 0 atom stereocenters. The van der Waals surface area contributed by atoms with Crippen molar-refractivity contribution in [2.24, 2.45) is 5.41 Å². The fourth-order valence-corrected chi connectivity index (χ4v) is 2.11. The van der Waals surface area contributed by atoms with Gasteiger partial charge >= 0.3 is 5.97 Å². The number of methoxy groups -OCH3 is 1. The first-order chi connectivity index (χ1) is 8.66. The molecule has 3 rings (SSSR count). The molecule has 1 heterocycles. The van der Waals surface area contributed by atoms with Crippen LogP contribution in [-0.2, 0) is 9.53 Å². The molecule has 1 N–H and O–H groups in total. The molecule has 0 saturated heterocycles. The number of para-hydroxylation sites is 1. The first-order valence-corrected chi connectivity index (χ1v) is 5.82. The van der Waals surface area contributed by atoms with Crippen molar-refractivity contribution >= 4 is 17.6 Å². The van der Waals surface area contributed by atoms with E-state index in [-0.39, 0.29) is 5.91 Å². The summed E-state index contributed by atoms with van der Waals surface area (Å²) in [5, 5.41) is 2.79. The molecule has 0 radical (unpaired) electrons. The van der Waals surface area contributed by atoms with Gasteiger partial charge in [0.2, 0.25) is 5.91 Å². The number of hydrogen-bond donors (Lipinski definition) is 1. The Morgan fingerprint density at radius 3 is 2.89 bits per heavy atom. The highest BCUT2D eigenvalue weighted by atomic mass is 16.5. The van der Waals surface area contributed by atoms with Crippen molar-refractivity contribution < 1.29 is 19.1 Å². The number of ether oxygens (including phenoxy) is 2. The molecular weight excluding hydrogens is 234 g/mol. The van der Waals surface area contributed by atoms with Crippen LogP contribution in [0.3, 0.4) is 0 Å². The van der Waals surface area contributed by atoms with Gasteiger partial charge in [0.05, 0.1) is 23.8 Å². The number of esters is 1. The Balaban J connectivity index is 2.04. The van der Waals surface area contributed by atoms with E-state index >= 15 is 0 Å². The van der Waals surface area contributed by atoms with Gasteiger partial charge in [-0.1, -0.05) is 6.07 Å². The molecule has 94 valence electrons. The van der Waals surface area contributed by atoms with Gasteiger partial charge in [0.1, 0.15) is 12.4 Å². The average Bonchev–Trinajstić information content (AvgIpc) is 3.18. The Hall–Kier alpha value is -2.04. The molecule has 1 aromatic carbocycles. The molecule has 0 unspecified atom stereocenters. The summed E-state index contributed by atoms with van der Waals surface area (Å²) < 4.78 is 10.3. The van der Waals surface area contributed by atoms with Crippen molar-refractivity contribution in [3.8, 4) is 5.75 Å². The zero-order valence-corrected chi connectivity index (χ0v) is 9.99. The van der Waals surface area contributed by atoms with Crippen LogP contribution in [0.5, 0.6) is 5.75 Å². The van der Waals surface area contributed by atoms with Crippen LogP contribution in [0.25, 0.3) is 0 Å². The molecule has 1 fully saturated rings. The summed E-state index contributed by atoms with van der Waals surface area (Å²) in [7, 11) is 1.31. The zero-order valence-electron chi connectivity index (χ0n) is 9.99. The van der Waals surface area contributed by atoms with Crippen LogP contribution >= 0.6 is 0 Å². The number of carbonyl (C=O) groups is 2. The van der Waals surface area contributed by atoms with Crippen LogP contribution in [0.15, 0.2) is 18.2 Å². The van der Waals surface area contributed by atoms with Gasteiger partial charge < -0.3 is 14.8 Å². The Morgan fingerprint density at radius 1 is 1.44 bits per heavy atom. The molecule has 1 amide bonds. The van der Waals surface area contributed by atoms with Crippen molar-refractivity contribution in [1.29, 1.82) is 0 Å². The fraction of sp³-hybridized carbons (Fsp3) is 0.385. The molecule has 1 saturated carbocycles. The van der Waals surface area contributed by atoms with E-state index in [4.69, 9.17) is 9.47 Å². The standard InChI is InChI=1S/C13H13NO4/c1-17-11(15)8-3-2-4-9-10(8)14-12(16)13(5-6-13)7-18-9/h2-4H,5-7H2,1H3,(H,14,16). The van der Waals surface area contributed by atoms with Crippen molar-refractivity contribution in [1.82, 2.24) is 0 Å². The van der Waals surface area contributed by atoms with Gasteiger partial charge in [-0.2, -0.15) is 0 Å². The zero-order chi connectivity index (χ0) is 12.8. The number of nitrogens with one attached hydrogen (secondary N) is 1. The smallest absolute Gasteiger partial charge is 0.340 e. The van der Waals surface area contributed by atoms with Crippen molar-refractivity contribution in [3.05, 3.63) is 23.8 Å². The molecule has 1 aromatic rings. The average molecular weight is 247 g/mol. The number of hydrogen-bond acceptors (Lipinski definition) is 4. The Kier molecular flexibility index (Phi) is 2.29. The maximum absolute atomic E-state index is 12.1. The van der Waals surface area contributed by atoms with Gasteiger partial charge in [-0.05, 0) is 25.0 Å². The summed E-state index contributed by atoms with van der Waals surface area (Å²) >= 11 is 0. The van der Waals surface area contributed by atoms with E-state index in [1.54, 1.807) is 18.2 Å². The first kappa shape index (κ1) is 11.1. The Bertz CT molecular complexity index is 534. The molecule has 5 heteroatoms. The lowest BCUT2D eigenvalue weighted by molar-refractivity contribution is -0.121. The highest BCUT2D eigenvalue weighted by Gasteiger charge is 2.52. The molecule has 1 aliphatic carbocycles. The normalized spacial score (nSPS) is 19.3. The van der Waals surface area contributed by atoms with Gasteiger partial charge in [-0.15, -0.1) is 0 Å².